The van der Waals surface area contributed by atoms with Crippen molar-refractivity contribution in [2.75, 3.05) is 37.7 Å². The van der Waals surface area contributed by atoms with Gasteiger partial charge in [0.1, 0.15) is 11.8 Å². The fourth-order valence-corrected chi connectivity index (χ4v) is 5.41. The van der Waals surface area contributed by atoms with E-state index >= 15 is 0 Å². The van der Waals surface area contributed by atoms with Crippen molar-refractivity contribution in [2.24, 2.45) is 5.10 Å². The van der Waals surface area contributed by atoms with Crippen LogP contribution in [0.25, 0.3) is 0 Å². The highest BCUT2D eigenvalue weighted by Gasteiger charge is 2.39. The molecule has 9 nitrogen and oxygen atoms in total. The Balaban J connectivity index is 1.39. The van der Waals surface area contributed by atoms with Crippen molar-refractivity contribution < 1.29 is 22.4 Å². The largest absolute Gasteiger partial charge is 0.440 e. The first-order chi connectivity index (χ1) is 14.9. The first-order valence-electron chi connectivity index (χ1n) is 9.98. The Morgan fingerprint density at radius 3 is 2.61 bits per heavy atom. The van der Waals surface area contributed by atoms with Crippen molar-refractivity contribution in [3.63, 3.8) is 0 Å². The highest BCUT2D eigenvalue weighted by Crippen LogP contribution is 2.27. The van der Waals surface area contributed by atoms with Crippen molar-refractivity contribution >= 4 is 39.6 Å². The molecular formula is C20H23ClN4O5S. The van der Waals surface area contributed by atoms with Gasteiger partial charge in [0.15, 0.2) is 5.88 Å². The number of hydrogen-bond acceptors (Lipinski definition) is 7. The summed E-state index contributed by atoms with van der Waals surface area (Å²) in [6.07, 6.45) is 2.42. The lowest BCUT2D eigenvalue weighted by Crippen LogP contribution is -2.44. The second-order valence-electron chi connectivity index (χ2n) is 7.24. The zero-order chi connectivity index (χ0) is 21.8. The number of furan rings is 1. The van der Waals surface area contributed by atoms with Gasteiger partial charge in [-0.3, -0.25) is 4.79 Å². The van der Waals surface area contributed by atoms with Crippen LogP contribution in [-0.2, 0) is 19.6 Å². The minimum Gasteiger partial charge on any atom is -0.440 e. The van der Waals surface area contributed by atoms with Crippen molar-refractivity contribution in [2.45, 2.75) is 23.8 Å². The zero-order valence-corrected chi connectivity index (χ0v) is 18.3. The molecule has 166 valence electrons. The third-order valence-electron chi connectivity index (χ3n) is 5.23. The summed E-state index contributed by atoms with van der Waals surface area (Å²) >= 11 is 5.85. The summed E-state index contributed by atoms with van der Waals surface area (Å²) in [7, 11) is -3.81. The van der Waals surface area contributed by atoms with Crippen molar-refractivity contribution in [3.8, 4) is 0 Å². The van der Waals surface area contributed by atoms with Gasteiger partial charge in [-0.15, -0.1) is 0 Å². The van der Waals surface area contributed by atoms with E-state index in [1.165, 1.54) is 34.8 Å². The van der Waals surface area contributed by atoms with E-state index in [0.29, 0.717) is 42.7 Å². The van der Waals surface area contributed by atoms with E-state index < -0.39 is 22.0 Å². The van der Waals surface area contributed by atoms with E-state index in [-0.39, 0.29) is 11.4 Å². The maximum atomic E-state index is 12.9. The Morgan fingerprint density at radius 1 is 1.13 bits per heavy atom. The third-order valence-corrected chi connectivity index (χ3v) is 7.40. The molecule has 1 N–H and O–H groups in total. The van der Waals surface area contributed by atoms with E-state index in [1.807, 2.05) is 6.07 Å². The molecule has 11 heteroatoms. The predicted octanol–water partition coefficient (Wildman–Crippen LogP) is 2.07. The summed E-state index contributed by atoms with van der Waals surface area (Å²) in [6.45, 7) is 3.07. The van der Waals surface area contributed by atoms with Gasteiger partial charge in [0.25, 0.3) is 5.91 Å². The lowest BCUT2D eigenvalue weighted by molar-refractivity contribution is -0.124. The van der Waals surface area contributed by atoms with Crippen LogP contribution in [0, 0.1) is 0 Å². The number of halogens is 1. The van der Waals surface area contributed by atoms with E-state index in [2.05, 4.69) is 15.4 Å². The van der Waals surface area contributed by atoms with Crippen LogP contribution in [0.1, 0.15) is 18.6 Å². The molecule has 3 heterocycles. The molecule has 31 heavy (non-hydrogen) atoms. The molecule has 2 aromatic rings. The van der Waals surface area contributed by atoms with Crippen LogP contribution in [0.5, 0.6) is 0 Å². The summed E-state index contributed by atoms with van der Waals surface area (Å²) in [5.41, 5.74) is 2.43. The molecule has 0 bridgehead atoms. The van der Waals surface area contributed by atoms with Crippen molar-refractivity contribution in [1.29, 1.82) is 0 Å². The summed E-state index contributed by atoms with van der Waals surface area (Å²) in [5, 5.41) is 4.39. The number of nitrogens with zero attached hydrogens (tertiary/aromatic N) is 3. The number of rotatable bonds is 6. The van der Waals surface area contributed by atoms with E-state index in [1.54, 1.807) is 6.07 Å². The van der Waals surface area contributed by atoms with Crippen LogP contribution in [0.4, 0.5) is 5.88 Å². The normalized spacial score (nSPS) is 20.4. The lowest BCUT2D eigenvalue weighted by atomic mass is 10.2. The van der Waals surface area contributed by atoms with Gasteiger partial charge in [0.05, 0.1) is 24.3 Å². The molecule has 1 aromatic heterocycles. The Labute approximate surface area is 185 Å². The molecular weight excluding hydrogens is 444 g/mol. The van der Waals surface area contributed by atoms with Crippen molar-refractivity contribution in [1.82, 2.24) is 9.73 Å². The van der Waals surface area contributed by atoms with Gasteiger partial charge >= 0.3 is 0 Å². The van der Waals surface area contributed by atoms with Crippen LogP contribution in [-0.4, -0.2) is 63.7 Å². The standard InChI is InChI=1S/C20H23ClN4O5S/c21-15-3-6-17(7-4-15)31(27,28)25-9-1-2-18(25)20(26)23-22-14-16-5-8-19(30-16)24-10-12-29-13-11-24/h3-8,14,18H,1-2,9-13H2,(H,23,26)/b22-14-/t18-/m0/s1. The molecule has 1 atom stereocenters. The average molecular weight is 467 g/mol. The Hall–Kier alpha value is -2.40. The van der Waals surface area contributed by atoms with E-state index in [9.17, 15) is 13.2 Å². The second-order valence-corrected chi connectivity index (χ2v) is 9.56. The van der Waals surface area contributed by atoms with Gasteiger partial charge in [0, 0.05) is 30.7 Å². The third kappa shape index (κ3) is 4.93. The maximum absolute atomic E-state index is 12.9. The minimum absolute atomic E-state index is 0.103. The number of sulfonamides is 1. The highest BCUT2D eigenvalue weighted by molar-refractivity contribution is 7.89. The Morgan fingerprint density at radius 2 is 1.87 bits per heavy atom. The number of carbonyl (C=O) groups is 1. The van der Waals surface area contributed by atoms with Crippen LogP contribution in [0.2, 0.25) is 5.02 Å². The van der Waals surface area contributed by atoms with Gasteiger partial charge in [-0.1, -0.05) is 11.6 Å². The number of carbonyl (C=O) groups excluding carboxylic acids is 1. The number of hydrogen-bond donors (Lipinski definition) is 1. The van der Waals surface area contributed by atoms with Gasteiger partial charge in [-0.25, -0.2) is 13.8 Å². The average Bonchev–Trinajstić information content (AvgIpc) is 3.45. The van der Waals surface area contributed by atoms with Gasteiger partial charge in [-0.2, -0.15) is 9.41 Å². The molecule has 0 saturated carbocycles. The first kappa shape index (κ1) is 21.8. The zero-order valence-electron chi connectivity index (χ0n) is 16.7. The number of morpholine rings is 1. The fourth-order valence-electron chi connectivity index (χ4n) is 3.63. The van der Waals surface area contributed by atoms with Crippen molar-refractivity contribution in [3.05, 3.63) is 47.2 Å². The number of ether oxygens (including phenoxy) is 1. The number of hydrazone groups is 1. The van der Waals surface area contributed by atoms with Crippen LogP contribution >= 0.6 is 11.6 Å². The van der Waals surface area contributed by atoms with Gasteiger partial charge in [0.2, 0.25) is 10.0 Å². The molecule has 0 aliphatic carbocycles. The summed E-state index contributed by atoms with van der Waals surface area (Å²) in [4.78, 5) is 14.8. The van der Waals surface area contributed by atoms with E-state index in [0.717, 1.165) is 13.1 Å². The maximum Gasteiger partial charge on any atom is 0.258 e. The monoisotopic (exact) mass is 466 g/mol. The summed E-state index contributed by atoms with van der Waals surface area (Å²) in [5.74, 6) is 0.720. The smallest absolute Gasteiger partial charge is 0.258 e. The van der Waals surface area contributed by atoms with E-state index in [4.69, 9.17) is 20.8 Å². The molecule has 0 unspecified atom stereocenters. The second kappa shape index (κ2) is 9.39. The van der Waals surface area contributed by atoms with Crippen LogP contribution < -0.4 is 10.3 Å². The Kier molecular flexibility index (Phi) is 6.61. The topological polar surface area (TPSA) is 104 Å². The molecule has 2 saturated heterocycles. The first-order valence-corrected chi connectivity index (χ1v) is 11.8. The summed E-state index contributed by atoms with van der Waals surface area (Å²) in [6, 6.07) is 8.67. The molecule has 0 spiro atoms. The Bertz CT molecular complexity index is 1050. The predicted molar refractivity (Wildman–Crippen MR) is 116 cm³/mol. The van der Waals surface area contributed by atoms with Gasteiger partial charge in [-0.05, 0) is 43.2 Å². The minimum atomic E-state index is -3.81. The lowest BCUT2D eigenvalue weighted by Gasteiger charge is -2.26. The molecule has 1 aromatic carbocycles. The SMILES string of the molecule is O=C(N/N=C\c1ccc(N2CCOCC2)o1)[C@@H]1CCCN1S(=O)(=O)c1ccc(Cl)cc1. The highest BCUT2D eigenvalue weighted by atomic mass is 35.5. The number of amides is 1. The summed E-state index contributed by atoms with van der Waals surface area (Å²) < 4.78 is 38.2. The number of nitrogens with one attached hydrogen (secondary N) is 1. The number of anilines is 1. The number of benzene rings is 1. The van der Waals surface area contributed by atoms with Crippen LogP contribution in [0.15, 0.2) is 50.8 Å². The quantitative estimate of drug-likeness (QED) is 0.516. The molecule has 4 rings (SSSR count). The molecule has 1 amide bonds. The molecule has 0 radical (unpaired) electrons. The fraction of sp³-hybridized carbons (Fsp3) is 0.400. The molecule has 2 fully saturated rings. The van der Waals surface area contributed by atoms with Gasteiger partial charge < -0.3 is 14.1 Å². The van der Waals surface area contributed by atoms with Crippen LogP contribution in [0.3, 0.4) is 0 Å². The molecule has 2 aliphatic rings. The molecule has 2 aliphatic heterocycles.